The lowest BCUT2D eigenvalue weighted by Gasteiger charge is -2.15. The van der Waals surface area contributed by atoms with E-state index in [-0.39, 0.29) is 40.0 Å². The minimum atomic E-state index is -0.976. The van der Waals surface area contributed by atoms with Gasteiger partial charge < -0.3 is 20.1 Å². The third kappa shape index (κ3) is 3.88. The molecule has 176 valence electrons. The van der Waals surface area contributed by atoms with Gasteiger partial charge in [0.05, 0.1) is 42.4 Å². The van der Waals surface area contributed by atoms with Crippen LogP contribution in [0.25, 0.3) is 10.9 Å². The van der Waals surface area contributed by atoms with Gasteiger partial charge in [0.1, 0.15) is 17.1 Å². The number of nitrogens with two attached hydrogens (primary N) is 1. The molecule has 0 spiro atoms. The summed E-state index contributed by atoms with van der Waals surface area (Å²) in [5, 5.41) is 5.17. The van der Waals surface area contributed by atoms with Crippen molar-refractivity contribution in [3.05, 3.63) is 52.8 Å². The van der Waals surface area contributed by atoms with Crippen molar-refractivity contribution in [2.45, 2.75) is 12.5 Å². The van der Waals surface area contributed by atoms with Crippen molar-refractivity contribution >= 4 is 34.2 Å². The molecule has 1 aliphatic rings. The van der Waals surface area contributed by atoms with Gasteiger partial charge in [0.25, 0.3) is 0 Å². The van der Waals surface area contributed by atoms with E-state index in [0.29, 0.717) is 30.4 Å². The average molecular weight is 488 g/mol. The van der Waals surface area contributed by atoms with Crippen LogP contribution in [0.15, 0.2) is 24.9 Å². The van der Waals surface area contributed by atoms with Gasteiger partial charge in [-0.1, -0.05) is 24.1 Å². The van der Waals surface area contributed by atoms with Crippen LogP contribution in [0.5, 0.6) is 11.5 Å². The number of carbonyl (C=O) groups excluding carboxylic acids is 1. The molecule has 34 heavy (non-hydrogen) atoms. The molecule has 3 aromatic rings. The van der Waals surface area contributed by atoms with E-state index in [2.05, 4.69) is 28.5 Å². The Morgan fingerprint density at radius 1 is 1.29 bits per heavy atom. The molecule has 1 atom stereocenters. The Bertz CT molecular complexity index is 1350. The molecular formula is C23H20ClF2N5O3. The van der Waals surface area contributed by atoms with Gasteiger partial charge >= 0.3 is 0 Å². The number of methoxy groups -OCH3 is 2. The number of carbonyl (C=O) groups is 1. The molecule has 0 saturated carbocycles. The molecule has 1 amide bonds. The van der Waals surface area contributed by atoms with Gasteiger partial charge in [0.2, 0.25) is 5.91 Å². The minimum Gasteiger partial charge on any atom is -0.493 e. The fourth-order valence-corrected chi connectivity index (χ4v) is 4.13. The van der Waals surface area contributed by atoms with Gasteiger partial charge in [-0.25, -0.2) is 13.8 Å². The molecule has 0 bridgehead atoms. The first kappa shape index (κ1) is 23.3. The Balaban J connectivity index is 1.86. The van der Waals surface area contributed by atoms with Crippen LogP contribution in [-0.4, -0.2) is 52.9 Å². The number of hydrogen-bond acceptors (Lipinski definition) is 6. The van der Waals surface area contributed by atoms with E-state index in [0.717, 1.165) is 6.07 Å². The molecule has 1 saturated heterocycles. The third-order valence-corrected chi connectivity index (χ3v) is 5.86. The lowest BCUT2D eigenvalue weighted by Crippen LogP contribution is -2.27. The van der Waals surface area contributed by atoms with Gasteiger partial charge in [0, 0.05) is 19.2 Å². The van der Waals surface area contributed by atoms with Crippen molar-refractivity contribution in [3.8, 4) is 23.3 Å². The summed E-state index contributed by atoms with van der Waals surface area (Å²) < 4.78 is 41.1. The number of hydrogen-bond donors (Lipinski definition) is 1. The molecular weight excluding hydrogens is 468 g/mol. The zero-order valence-electron chi connectivity index (χ0n) is 18.4. The number of halogens is 3. The number of pyridine rings is 1. The summed E-state index contributed by atoms with van der Waals surface area (Å²) in [6, 6.07) is 0.879. The van der Waals surface area contributed by atoms with Crippen LogP contribution in [0.4, 0.5) is 14.6 Å². The normalized spacial score (nSPS) is 15.2. The summed E-state index contributed by atoms with van der Waals surface area (Å²) in [6.45, 7) is 4.41. The first-order valence-corrected chi connectivity index (χ1v) is 10.5. The molecule has 0 radical (unpaired) electrons. The van der Waals surface area contributed by atoms with Crippen molar-refractivity contribution in [2.24, 2.45) is 0 Å². The molecule has 4 rings (SSSR count). The number of ether oxygens (including phenoxy) is 2. The second-order valence-electron chi connectivity index (χ2n) is 7.47. The first-order valence-electron chi connectivity index (χ1n) is 10.2. The highest BCUT2D eigenvalue weighted by molar-refractivity contribution is 6.35. The molecule has 1 fully saturated rings. The van der Waals surface area contributed by atoms with E-state index in [4.69, 9.17) is 26.8 Å². The van der Waals surface area contributed by atoms with Crippen LogP contribution < -0.4 is 15.2 Å². The molecule has 2 aromatic heterocycles. The highest BCUT2D eigenvalue weighted by Gasteiger charge is 2.30. The zero-order valence-corrected chi connectivity index (χ0v) is 19.1. The third-order valence-electron chi connectivity index (χ3n) is 5.58. The average Bonchev–Trinajstić information content (AvgIpc) is 3.47. The predicted molar refractivity (Wildman–Crippen MR) is 123 cm³/mol. The Hall–Kier alpha value is -3.84. The van der Waals surface area contributed by atoms with Crippen LogP contribution >= 0.6 is 11.6 Å². The number of anilines is 1. The van der Waals surface area contributed by atoms with Crippen molar-refractivity contribution in [1.29, 1.82) is 0 Å². The van der Waals surface area contributed by atoms with E-state index in [9.17, 15) is 13.6 Å². The number of likely N-dealkylation sites (tertiary alicyclic amines) is 1. The number of nitrogens with zero attached hydrogens (tertiary/aromatic N) is 4. The SMILES string of the molecule is C=CC(=O)N1CCC(n2nc(C#Cc3c(F)c(OC)cc(OC)c3F)c3c(N)ncc(Cl)c32)C1. The van der Waals surface area contributed by atoms with Gasteiger partial charge in [-0.3, -0.25) is 9.48 Å². The van der Waals surface area contributed by atoms with Gasteiger partial charge in [-0.2, -0.15) is 5.10 Å². The van der Waals surface area contributed by atoms with E-state index < -0.39 is 17.2 Å². The number of amides is 1. The van der Waals surface area contributed by atoms with E-state index in [1.165, 1.54) is 26.5 Å². The van der Waals surface area contributed by atoms with Crippen molar-refractivity contribution in [1.82, 2.24) is 19.7 Å². The van der Waals surface area contributed by atoms with Gasteiger partial charge in [0.15, 0.2) is 23.1 Å². The minimum absolute atomic E-state index is 0.108. The predicted octanol–water partition coefficient (Wildman–Crippen LogP) is 3.32. The van der Waals surface area contributed by atoms with E-state index in [1.807, 2.05) is 0 Å². The highest BCUT2D eigenvalue weighted by Crippen LogP contribution is 2.34. The summed E-state index contributed by atoms with van der Waals surface area (Å²) >= 11 is 6.42. The van der Waals surface area contributed by atoms with Crippen molar-refractivity contribution < 1.29 is 23.0 Å². The van der Waals surface area contributed by atoms with Crippen molar-refractivity contribution in [3.63, 3.8) is 0 Å². The second kappa shape index (κ2) is 9.19. The standard InChI is InChI=1S/C23H20ClF2N5O3/c1-4-18(32)30-8-7-12(11-30)31-22-14(24)10-28-23(27)19(22)15(29-31)6-5-13-20(25)16(33-2)9-17(34-3)21(13)26/h4,9-10,12H,1,7-8,11H2,2-3H3,(H2,27,28). The largest absolute Gasteiger partial charge is 0.493 e. The van der Waals surface area contributed by atoms with E-state index >= 15 is 0 Å². The summed E-state index contributed by atoms with van der Waals surface area (Å²) in [6.07, 6.45) is 3.25. The lowest BCUT2D eigenvalue weighted by molar-refractivity contribution is -0.125. The molecule has 1 unspecified atom stereocenters. The number of rotatable bonds is 4. The van der Waals surface area contributed by atoms with Crippen LogP contribution in [0.2, 0.25) is 5.02 Å². The van der Waals surface area contributed by atoms with Gasteiger partial charge in [-0.15, -0.1) is 0 Å². The maximum Gasteiger partial charge on any atom is 0.246 e. The molecule has 11 heteroatoms. The monoisotopic (exact) mass is 487 g/mol. The smallest absolute Gasteiger partial charge is 0.246 e. The van der Waals surface area contributed by atoms with Crippen LogP contribution in [0, 0.1) is 23.5 Å². The summed E-state index contributed by atoms with van der Waals surface area (Å²) in [5.74, 6) is 2.70. The molecule has 2 N–H and O–H groups in total. The van der Waals surface area contributed by atoms with Gasteiger partial charge in [-0.05, 0) is 18.4 Å². The number of nitrogen functional groups attached to an aromatic ring is 1. The molecule has 8 nitrogen and oxygen atoms in total. The maximum absolute atomic E-state index is 14.8. The number of fused-ring (bicyclic) bond motifs is 1. The maximum atomic E-state index is 14.8. The zero-order chi connectivity index (χ0) is 24.6. The quantitative estimate of drug-likeness (QED) is 0.448. The Morgan fingerprint density at radius 3 is 2.59 bits per heavy atom. The Morgan fingerprint density at radius 2 is 1.97 bits per heavy atom. The fraction of sp³-hybridized carbons (Fsp3) is 0.261. The molecule has 0 aliphatic carbocycles. The lowest BCUT2D eigenvalue weighted by atomic mass is 10.1. The summed E-state index contributed by atoms with van der Waals surface area (Å²) in [7, 11) is 2.50. The fourth-order valence-electron chi connectivity index (χ4n) is 3.90. The molecule has 1 aromatic carbocycles. The summed E-state index contributed by atoms with van der Waals surface area (Å²) in [4.78, 5) is 17.7. The second-order valence-corrected chi connectivity index (χ2v) is 7.88. The highest BCUT2D eigenvalue weighted by atomic mass is 35.5. The number of benzene rings is 1. The van der Waals surface area contributed by atoms with Crippen LogP contribution in [-0.2, 0) is 4.79 Å². The van der Waals surface area contributed by atoms with Crippen molar-refractivity contribution in [2.75, 3.05) is 33.0 Å². The number of aromatic nitrogens is 3. The molecule has 3 heterocycles. The molecule has 1 aliphatic heterocycles. The van der Waals surface area contributed by atoms with E-state index in [1.54, 1.807) is 9.58 Å². The first-order chi connectivity index (χ1) is 16.3. The summed E-state index contributed by atoms with van der Waals surface area (Å²) in [5.41, 5.74) is 6.16. The Kier molecular flexibility index (Phi) is 6.30. The Labute approximate surface area is 198 Å². The van der Waals surface area contributed by atoms with Crippen LogP contribution in [0.1, 0.15) is 23.7 Å². The topological polar surface area (TPSA) is 95.5 Å². The van der Waals surface area contributed by atoms with Crippen LogP contribution in [0.3, 0.4) is 0 Å².